The van der Waals surface area contributed by atoms with E-state index in [2.05, 4.69) is 14.8 Å². The van der Waals surface area contributed by atoms with Gasteiger partial charge in [-0.3, -0.25) is 9.59 Å². The molecule has 7 nitrogen and oxygen atoms in total. The normalized spacial score (nSPS) is 29.2. The molecule has 2 N–H and O–H groups in total. The van der Waals surface area contributed by atoms with Crippen molar-refractivity contribution in [3.05, 3.63) is 53.6 Å². The molecular weight excluding hydrogens is 448 g/mol. The van der Waals surface area contributed by atoms with Crippen LogP contribution in [-0.4, -0.2) is 29.4 Å². The lowest BCUT2D eigenvalue weighted by molar-refractivity contribution is -0.286. The number of ether oxygens (including phenoxy) is 3. The fourth-order valence-electron chi connectivity index (χ4n) is 5.35. The van der Waals surface area contributed by atoms with Crippen LogP contribution in [0.15, 0.2) is 42.5 Å². The van der Waals surface area contributed by atoms with Crippen molar-refractivity contribution in [1.82, 2.24) is 5.32 Å². The summed E-state index contributed by atoms with van der Waals surface area (Å²) in [6.45, 7) is 0. The summed E-state index contributed by atoms with van der Waals surface area (Å²) in [7, 11) is 0. The van der Waals surface area contributed by atoms with Crippen molar-refractivity contribution in [3.63, 3.8) is 0 Å². The lowest BCUT2D eigenvalue weighted by Crippen LogP contribution is -2.46. The van der Waals surface area contributed by atoms with Gasteiger partial charge in [-0.2, -0.15) is 0 Å². The predicted octanol–water partition coefficient (Wildman–Crippen LogP) is 4.16. The zero-order valence-electron chi connectivity index (χ0n) is 18.1. The summed E-state index contributed by atoms with van der Waals surface area (Å²) in [6, 6.07) is 11.7. The summed E-state index contributed by atoms with van der Waals surface area (Å²) >= 11 is 0. The van der Waals surface area contributed by atoms with Gasteiger partial charge in [0, 0.05) is 12.0 Å². The number of hydrogen-bond acceptors (Lipinski definition) is 5. The average molecular weight is 471 g/mol. The summed E-state index contributed by atoms with van der Waals surface area (Å²) < 4.78 is 42.1. The van der Waals surface area contributed by atoms with Crippen molar-refractivity contribution >= 4 is 11.9 Å². The minimum atomic E-state index is -3.71. The highest BCUT2D eigenvalue weighted by molar-refractivity contribution is 5.92. The number of carboxylic acid groups (broad SMARTS) is 1. The summed E-state index contributed by atoms with van der Waals surface area (Å²) in [5, 5.41) is 12.4. The van der Waals surface area contributed by atoms with E-state index in [9.17, 15) is 23.5 Å². The third kappa shape index (κ3) is 3.45. The first kappa shape index (κ1) is 21.2. The van der Waals surface area contributed by atoms with Crippen LogP contribution in [0.5, 0.6) is 17.2 Å². The number of fused-ring (bicyclic) bond motifs is 2. The molecule has 9 heteroatoms. The van der Waals surface area contributed by atoms with E-state index in [1.807, 2.05) is 24.3 Å². The van der Waals surface area contributed by atoms with Gasteiger partial charge in [-0.1, -0.05) is 24.3 Å². The minimum Gasteiger partial charge on any atom is -0.490 e. The molecular formula is C25H23F2NO6. The number of halogens is 2. The molecule has 2 heterocycles. The van der Waals surface area contributed by atoms with E-state index in [-0.39, 0.29) is 41.4 Å². The predicted molar refractivity (Wildman–Crippen MR) is 114 cm³/mol. The molecule has 34 heavy (non-hydrogen) atoms. The molecule has 2 aromatic rings. The molecule has 1 amide bonds. The third-order valence-corrected chi connectivity index (χ3v) is 7.53. The van der Waals surface area contributed by atoms with Crippen molar-refractivity contribution in [2.24, 2.45) is 11.8 Å². The van der Waals surface area contributed by atoms with Crippen LogP contribution in [0.3, 0.4) is 0 Å². The van der Waals surface area contributed by atoms with Crippen molar-refractivity contribution in [1.29, 1.82) is 0 Å². The van der Waals surface area contributed by atoms with Crippen LogP contribution in [0, 0.1) is 11.8 Å². The largest absolute Gasteiger partial charge is 0.586 e. The van der Waals surface area contributed by atoms with Gasteiger partial charge in [0.25, 0.3) is 0 Å². The number of benzene rings is 2. The number of rotatable bonds is 5. The van der Waals surface area contributed by atoms with Crippen molar-refractivity contribution in [2.45, 2.75) is 56.0 Å². The van der Waals surface area contributed by atoms with Gasteiger partial charge in [-0.15, -0.1) is 8.78 Å². The Morgan fingerprint density at radius 2 is 1.71 bits per heavy atom. The highest BCUT2D eigenvalue weighted by Gasteiger charge is 2.54. The van der Waals surface area contributed by atoms with E-state index >= 15 is 0 Å². The molecule has 0 spiro atoms. The standard InChI is InChI=1S/C25H23F2NO6/c26-25(27)33-19-6-5-15(11-21(19)34-25)24(7-8-24)23(31)28-17-12-20(13-9-14(10-13)22(29)30)32-18-4-2-1-3-16(17)18/h1-6,11,13-14,17,20H,7-10,12H2,(H,28,31)(H,29,30). The van der Waals surface area contributed by atoms with E-state index in [0.717, 1.165) is 5.56 Å². The second kappa shape index (κ2) is 7.32. The number of aliphatic carboxylic acids is 1. The lowest BCUT2D eigenvalue weighted by Gasteiger charge is -2.42. The van der Waals surface area contributed by atoms with Crippen LogP contribution < -0.4 is 19.5 Å². The fraction of sp³-hybridized carbons (Fsp3) is 0.440. The zero-order chi connectivity index (χ0) is 23.7. The molecule has 0 aromatic heterocycles. The first-order valence-corrected chi connectivity index (χ1v) is 11.4. The lowest BCUT2D eigenvalue weighted by atomic mass is 9.70. The molecule has 2 atom stereocenters. The van der Waals surface area contributed by atoms with Gasteiger partial charge >= 0.3 is 12.3 Å². The van der Waals surface area contributed by atoms with Gasteiger partial charge in [0.1, 0.15) is 11.9 Å². The maximum atomic E-state index is 13.5. The summed E-state index contributed by atoms with van der Waals surface area (Å²) in [5.41, 5.74) is 0.691. The molecule has 2 aliphatic heterocycles. The maximum absolute atomic E-state index is 13.5. The topological polar surface area (TPSA) is 94.1 Å². The van der Waals surface area contributed by atoms with Gasteiger partial charge in [-0.05, 0) is 55.4 Å². The van der Waals surface area contributed by atoms with Gasteiger partial charge in [0.05, 0.1) is 17.4 Å². The monoisotopic (exact) mass is 471 g/mol. The second-order valence-corrected chi connectivity index (χ2v) is 9.63. The van der Waals surface area contributed by atoms with Crippen molar-refractivity contribution in [3.8, 4) is 17.2 Å². The maximum Gasteiger partial charge on any atom is 0.586 e. The first-order valence-electron chi connectivity index (χ1n) is 11.4. The summed E-state index contributed by atoms with van der Waals surface area (Å²) in [5.74, 6) is -0.600. The highest BCUT2D eigenvalue weighted by atomic mass is 19.3. The van der Waals surface area contributed by atoms with Crippen molar-refractivity contribution in [2.75, 3.05) is 0 Å². The molecule has 178 valence electrons. The smallest absolute Gasteiger partial charge is 0.490 e. The highest BCUT2D eigenvalue weighted by Crippen LogP contribution is 2.53. The van der Waals surface area contributed by atoms with E-state index in [4.69, 9.17) is 4.74 Å². The third-order valence-electron chi connectivity index (χ3n) is 7.53. The van der Waals surface area contributed by atoms with Crippen LogP contribution >= 0.6 is 0 Å². The Kier molecular flexibility index (Phi) is 4.56. The number of para-hydroxylation sites is 1. The molecule has 2 fully saturated rings. The number of amides is 1. The molecule has 2 saturated carbocycles. The summed E-state index contributed by atoms with van der Waals surface area (Å²) in [4.78, 5) is 24.7. The van der Waals surface area contributed by atoms with E-state index in [1.165, 1.54) is 12.1 Å². The van der Waals surface area contributed by atoms with Crippen molar-refractivity contribution < 1.29 is 37.7 Å². The quantitative estimate of drug-likeness (QED) is 0.680. The van der Waals surface area contributed by atoms with Crippen LogP contribution in [0.4, 0.5) is 8.78 Å². The van der Waals surface area contributed by atoms with E-state index in [0.29, 0.717) is 43.4 Å². The van der Waals surface area contributed by atoms with Gasteiger partial charge < -0.3 is 24.6 Å². The molecule has 2 aliphatic carbocycles. The molecule has 2 aromatic carbocycles. The second-order valence-electron chi connectivity index (χ2n) is 9.63. The number of alkyl halides is 2. The van der Waals surface area contributed by atoms with E-state index in [1.54, 1.807) is 6.07 Å². The molecule has 0 saturated heterocycles. The van der Waals surface area contributed by atoms with Crippen LogP contribution in [0.2, 0.25) is 0 Å². The van der Waals surface area contributed by atoms with Crippen LogP contribution in [-0.2, 0) is 15.0 Å². The molecule has 0 radical (unpaired) electrons. The Morgan fingerprint density at radius 3 is 2.44 bits per heavy atom. The number of carbonyl (C=O) groups is 2. The average Bonchev–Trinajstić information content (AvgIpc) is 3.49. The zero-order valence-corrected chi connectivity index (χ0v) is 18.1. The van der Waals surface area contributed by atoms with E-state index < -0.39 is 17.7 Å². The number of carbonyl (C=O) groups excluding carboxylic acids is 1. The molecule has 4 aliphatic rings. The number of carboxylic acids is 1. The Bertz CT molecular complexity index is 1170. The SMILES string of the molecule is O=C(O)C1CC(C2CC(NC(=O)C3(c4ccc5c(c4)OC(F)(F)O5)CC3)c3ccccc3O2)C1. The van der Waals surface area contributed by atoms with Gasteiger partial charge in [0.2, 0.25) is 5.91 Å². The van der Waals surface area contributed by atoms with Crippen LogP contribution in [0.25, 0.3) is 0 Å². The Labute approximate surface area is 194 Å². The molecule has 6 rings (SSSR count). The fourth-order valence-corrected chi connectivity index (χ4v) is 5.35. The number of nitrogens with one attached hydrogen (secondary N) is 1. The van der Waals surface area contributed by atoms with Gasteiger partial charge in [-0.25, -0.2) is 0 Å². The first-order chi connectivity index (χ1) is 16.2. The molecule has 2 unspecified atom stereocenters. The number of hydrogen-bond donors (Lipinski definition) is 2. The summed E-state index contributed by atoms with van der Waals surface area (Å²) in [6.07, 6.45) is -1.01. The Hall–Kier alpha value is -3.36. The minimum absolute atomic E-state index is 0.0497. The Balaban J connectivity index is 1.21. The van der Waals surface area contributed by atoms with Crippen LogP contribution in [0.1, 0.15) is 49.3 Å². The molecule has 0 bridgehead atoms. The Morgan fingerprint density at radius 1 is 0.971 bits per heavy atom. The van der Waals surface area contributed by atoms with Gasteiger partial charge in [0.15, 0.2) is 11.5 Å².